The van der Waals surface area contributed by atoms with Gasteiger partial charge < -0.3 is 9.64 Å². The molecule has 5 rings (SSSR count). The lowest BCUT2D eigenvalue weighted by atomic mass is 10.1. The molecule has 1 aromatic carbocycles. The predicted octanol–water partition coefficient (Wildman–Crippen LogP) is 3.63. The van der Waals surface area contributed by atoms with Gasteiger partial charge in [-0.2, -0.15) is 9.78 Å². The molecule has 180 valence electrons. The van der Waals surface area contributed by atoms with Gasteiger partial charge in [-0.25, -0.2) is 8.78 Å². The summed E-state index contributed by atoms with van der Waals surface area (Å²) in [6.45, 7) is 1.45. The average Bonchev–Trinajstić information content (AvgIpc) is 3.16. The first-order valence-electron chi connectivity index (χ1n) is 11.2. The van der Waals surface area contributed by atoms with Crippen molar-refractivity contribution < 1.29 is 13.5 Å². The Kier molecular flexibility index (Phi) is 6.26. The number of hydrogen-bond acceptors (Lipinski definition) is 5. The zero-order valence-electron chi connectivity index (χ0n) is 18.3. The molecule has 34 heavy (non-hydrogen) atoms. The highest BCUT2D eigenvalue weighted by Gasteiger charge is 2.28. The number of ether oxygens (including phenoxy) is 1. The quantitative estimate of drug-likeness (QED) is 0.589. The van der Waals surface area contributed by atoms with E-state index in [4.69, 9.17) is 16.3 Å². The van der Waals surface area contributed by atoms with Crippen LogP contribution in [0.3, 0.4) is 0 Å². The standard InChI is InChI=1S/C23H24ClF2N5O3/c24-20-18(11-27-31(23(20)33)19-7-3-4-10-34-19)29-9-8-17-16(13-29)22(32)28-30(17)12-14-5-1-2-6-15(14)21(25)26/h1-2,5-6,11,19,21H,3-4,7-10,12-13H2,(H,28,32). The lowest BCUT2D eigenvalue weighted by molar-refractivity contribution is -0.0424. The molecule has 0 amide bonds. The average molecular weight is 492 g/mol. The monoisotopic (exact) mass is 491 g/mol. The van der Waals surface area contributed by atoms with Crippen molar-refractivity contribution in [2.75, 3.05) is 18.1 Å². The fourth-order valence-corrected chi connectivity index (χ4v) is 4.95. The highest BCUT2D eigenvalue weighted by molar-refractivity contribution is 6.33. The van der Waals surface area contributed by atoms with Gasteiger partial charge in [0.15, 0.2) is 6.23 Å². The van der Waals surface area contributed by atoms with Crippen molar-refractivity contribution in [3.8, 4) is 0 Å². The van der Waals surface area contributed by atoms with Crippen molar-refractivity contribution in [1.82, 2.24) is 19.6 Å². The summed E-state index contributed by atoms with van der Waals surface area (Å²) in [5, 5.41) is 7.11. The number of nitrogens with one attached hydrogen (secondary N) is 1. The summed E-state index contributed by atoms with van der Waals surface area (Å²) in [6, 6.07) is 6.30. The molecule has 1 saturated heterocycles. The molecule has 2 aliphatic rings. The van der Waals surface area contributed by atoms with Crippen LogP contribution in [0, 0.1) is 0 Å². The Bertz CT molecular complexity index is 1310. The highest BCUT2D eigenvalue weighted by atomic mass is 35.5. The van der Waals surface area contributed by atoms with Crippen molar-refractivity contribution >= 4 is 17.3 Å². The third-order valence-corrected chi connectivity index (χ3v) is 6.82. The third-order valence-electron chi connectivity index (χ3n) is 6.47. The largest absolute Gasteiger partial charge is 0.364 e. The van der Waals surface area contributed by atoms with Gasteiger partial charge in [0, 0.05) is 30.8 Å². The fourth-order valence-electron chi connectivity index (χ4n) is 4.69. The van der Waals surface area contributed by atoms with Gasteiger partial charge >= 0.3 is 0 Å². The second-order valence-electron chi connectivity index (χ2n) is 8.54. The van der Waals surface area contributed by atoms with E-state index < -0.39 is 18.2 Å². The van der Waals surface area contributed by atoms with Crippen LogP contribution in [0.1, 0.15) is 54.3 Å². The summed E-state index contributed by atoms with van der Waals surface area (Å²) in [5.74, 6) is 0. The molecule has 1 fully saturated rings. The summed E-state index contributed by atoms with van der Waals surface area (Å²) < 4.78 is 35.3. The minimum atomic E-state index is -2.60. The second kappa shape index (κ2) is 9.34. The number of fused-ring (bicyclic) bond motifs is 1. The molecule has 0 aliphatic carbocycles. The topological polar surface area (TPSA) is 85.2 Å². The number of halogens is 3. The molecule has 0 bridgehead atoms. The molecule has 1 unspecified atom stereocenters. The third kappa shape index (κ3) is 4.16. The molecule has 2 aliphatic heterocycles. The molecule has 1 N–H and O–H groups in total. The van der Waals surface area contributed by atoms with E-state index in [0.717, 1.165) is 18.5 Å². The molecule has 0 saturated carbocycles. The van der Waals surface area contributed by atoms with E-state index in [1.807, 2.05) is 4.90 Å². The van der Waals surface area contributed by atoms with E-state index in [1.54, 1.807) is 22.9 Å². The molecule has 3 aromatic rings. The van der Waals surface area contributed by atoms with Crippen LogP contribution in [0.25, 0.3) is 0 Å². The summed E-state index contributed by atoms with van der Waals surface area (Å²) in [4.78, 5) is 27.4. The van der Waals surface area contributed by atoms with Gasteiger partial charge in [0.2, 0.25) is 0 Å². The molecule has 0 spiro atoms. The van der Waals surface area contributed by atoms with Gasteiger partial charge in [-0.15, -0.1) is 0 Å². The van der Waals surface area contributed by atoms with E-state index in [1.165, 1.54) is 16.9 Å². The van der Waals surface area contributed by atoms with Crippen molar-refractivity contribution in [2.45, 2.75) is 51.4 Å². The van der Waals surface area contributed by atoms with Gasteiger partial charge in [0.25, 0.3) is 17.5 Å². The number of hydrogen-bond donors (Lipinski definition) is 1. The van der Waals surface area contributed by atoms with Crippen molar-refractivity contribution in [1.29, 1.82) is 0 Å². The van der Waals surface area contributed by atoms with Gasteiger partial charge in [0.05, 0.1) is 30.5 Å². The summed E-state index contributed by atoms with van der Waals surface area (Å²) in [7, 11) is 0. The second-order valence-corrected chi connectivity index (χ2v) is 8.92. The minimum Gasteiger partial charge on any atom is -0.364 e. The maximum absolute atomic E-state index is 13.4. The van der Waals surface area contributed by atoms with Gasteiger partial charge in [0.1, 0.15) is 5.02 Å². The first kappa shape index (κ1) is 22.8. The fraction of sp³-hybridized carbons (Fsp3) is 0.435. The van der Waals surface area contributed by atoms with E-state index >= 15 is 0 Å². The lowest BCUT2D eigenvalue weighted by Gasteiger charge is -2.30. The first-order valence-corrected chi connectivity index (χ1v) is 11.6. The lowest BCUT2D eigenvalue weighted by Crippen LogP contribution is -2.36. The van der Waals surface area contributed by atoms with E-state index in [-0.39, 0.29) is 29.2 Å². The zero-order chi connectivity index (χ0) is 23.8. The zero-order valence-corrected chi connectivity index (χ0v) is 19.1. The SMILES string of the molecule is O=c1[nH]n(Cc2ccccc2C(F)F)c2c1CN(c1cnn(C3CCCCO3)c(=O)c1Cl)CC2. The van der Waals surface area contributed by atoms with Crippen molar-refractivity contribution in [3.05, 3.63) is 78.6 Å². The van der Waals surface area contributed by atoms with Gasteiger partial charge in [-0.05, 0) is 24.8 Å². The number of aromatic nitrogens is 4. The number of rotatable bonds is 5. The number of benzene rings is 1. The molecule has 4 heterocycles. The summed E-state index contributed by atoms with van der Waals surface area (Å²) in [6.07, 6.45) is 1.61. The minimum absolute atomic E-state index is 0.0364. The van der Waals surface area contributed by atoms with Crippen LogP contribution in [0.2, 0.25) is 5.02 Å². The van der Waals surface area contributed by atoms with Crippen LogP contribution in [0.15, 0.2) is 40.1 Å². The number of H-pyrrole nitrogens is 1. The molecule has 8 nitrogen and oxygen atoms in total. The smallest absolute Gasteiger partial charge is 0.290 e. The molecule has 2 aromatic heterocycles. The van der Waals surface area contributed by atoms with E-state index in [2.05, 4.69) is 10.2 Å². The van der Waals surface area contributed by atoms with Crippen molar-refractivity contribution in [2.24, 2.45) is 0 Å². The van der Waals surface area contributed by atoms with Gasteiger partial charge in [-0.3, -0.25) is 19.4 Å². The Labute approximate surface area is 198 Å². The molecular formula is C23H24ClF2N5O3. The first-order chi connectivity index (χ1) is 16.4. The van der Waals surface area contributed by atoms with Crippen LogP contribution in [-0.4, -0.2) is 32.7 Å². The highest BCUT2D eigenvalue weighted by Crippen LogP contribution is 2.29. The number of alkyl halides is 2. The Morgan fingerprint density at radius 3 is 2.82 bits per heavy atom. The normalized spacial score (nSPS) is 18.4. The predicted molar refractivity (Wildman–Crippen MR) is 123 cm³/mol. The van der Waals surface area contributed by atoms with Crippen LogP contribution in [0.4, 0.5) is 14.5 Å². The van der Waals surface area contributed by atoms with Gasteiger partial charge in [-0.1, -0.05) is 35.9 Å². The Hall–Kier alpha value is -2.98. The summed E-state index contributed by atoms with van der Waals surface area (Å²) >= 11 is 6.44. The molecule has 11 heteroatoms. The molecule has 0 radical (unpaired) electrons. The summed E-state index contributed by atoms with van der Waals surface area (Å²) in [5.41, 5.74) is 1.43. The molecular weight excluding hydrogens is 468 g/mol. The number of anilines is 1. The number of aromatic amines is 1. The van der Waals surface area contributed by atoms with Crippen LogP contribution >= 0.6 is 11.6 Å². The Morgan fingerprint density at radius 1 is 1.24 bits per heavy atom. The van der Waals surface area contributed by atoms with Crippen molar-refractivity contribution in [3.63, 3.8) is 0 Å². The number of nitrogens with zero attached hydrogens (tertiary/aromatic N) is 4. The Morgan fingerprint density at radius 2 is 2.06 bits per heavy atom. The Balaban J connectivity index is 1.40. The van der Waals surface area contributed by atoms with E-state index in [9.17, 15) is 18.4 Å². The van der Waals surface area contributed by atoms with Crippen LogP contribution < -0.4 is 16.0 Å². The maximum Gasteiger partial charge on any atom is 0.290 e. The van der Waals surface area contributed by atoms with Crippen LogP contribution in [-0.2, 0) is 24.2 Å². The van der Waals surface area contributed by atoms with Crippen LogP contribution in [0.5, 0.6) is 0 Å². The molecule has 1 atom stereocenters. The maximum atomic E-state index is 13.4. The van der Waals surface area contributed by atoms with E-state index in [0.29, 0.717) is 42.8 Å².